The molecule has 1 aromatic heterocycles. The Bertz CT molecular complexity index is 542. The lowest BCUT2D eigenvalue weighted by molar-refractivity contribution is 0.639. The van der Waals surface area contributed by atoms with Crippen LogP contribution in [0.2, 0.25) is 0 Å². The van der Waals surface area contributed by atoms with Gasteiger partial charge in [0.05, 0.1) is 6.20 Å². The van der Waals surface area contributed by atoms with Gasteiger partial charge in [0.1, 0.15) is 0 Å². The zero-order valence-electron chi connectivity index (χ0n) is 10.8. The molecular formula is C15H19N3. The summed E-state index contributed by atoms with van der Waals surface area (Å²) in [5.41, 5.74) is 5.77. The molecule has 0 spiro atoms. The lowest BCUT2D eigenvalue weighted by Gasteiger charge is -2.20. The number of hydrogen-bond donors (Lipinski definition) is 1. The van der Waals surface area contributed by atoms with Crippen molar-refractivity contribution in [2.45, 2.75) is 32.9 Å². The first-order valence-electron chi connectivity index (χ1n) is 6.68. The molecule has 3 rings (SSSR count). The van der Waals surface area contributed by atoms with E-state index in [0.29, 0.717) is 0 Å². The largest absolute Gasteiger partial charge is 0.312 e. The van der Waals surface area contributed by atoms with Crippen LogP contribution in [0, 0.1) is 0 Å². The number of fused-ring (bicyclic) bond motifs is 1. The minimum atomic E-state index is 0.941. The molecule has 0 saturated carbocycles. The molecule has 3 nitrogen and oxygen atoms in total. The van der Waals surface area contributed by atoms with E-state index >= 15 is 0 Å². The molecule has 2 heterocycles. The van der Waals surface area contributed by atoms with Gasteiger partial charge in [-0.2, -0.15) is 5.10 Å². The van der Waals surface area contributed by atoms with E-state index in [-0.39, 0.29) is 0 Å². The zero-order chi connectivity index (χ0) is 12.4. The maximum atomic E-state index is 4.35. The van der Waals surface area contributed by atoms with Gasteiger partial charge in [-0.1, -0.05) is 18.2 Å². The third-order valence-electron chi connectivity index (χ3n) is 3.64. The third-order valence-corrected chi connectivity index (χ3v) is 3.64. The second kappa shape index (κ2) is 4.94. The van der Waals surface area contributed by atoms with E-state index in [2.05, 4.69) is 41.7 Å². The Labute approximate surface area is 108 Å². The number of aryl methyl sites for hydroxylation is 1. The molecule has 3 heteroatoms. The highest BCUT2D eigenvalue weighted by Gasteiger charge is 2.12. The lowest BCUT2D eigenvalue weighted by Crippen LogP contribution is -2.24. The second-order valence-corrected chi connectivity index (χ2v) is 4.86. The number of aromatic nitrogens is 2. The summed E-state index contributed by atoms with van der Waals surface area (Å²) in [6, 6.07) is 6.67. The monoisotopic (exact) mass is 241 g/mol. The van der Waals surface area contributed by atoms with E-state index in [0.717, 1.165) is 32.5 Å². The molecule has 0 atom stereocenters. The molecule has 0 fully saturated rings. The van der Waals surface area contributed by atoms with E-state index in [1.807, 2.05) is 10.9 Å². The first-order chi connectivity index (χ1) is 8.86. The number of nitrogens with zero attached hydrogens (tertiary/aromatic N) is 2. The van der Waals surface area contributed by atoms with Crippen LogP contribution in [0.5, 0.6) is 0 Å². The summed E-state index contributed by atoms with van der Waals surface area (Å²) in [5.74, 6) is 0. The lowest BCUT2D eigenvalue weighted by atomic mass is 9.92. The molecule has 0 aliphatic carbocycles. The molecule has 0 amide bonds. The average molecular weight is 241 g/mol. The van der Waals surface area contributed by atoms with Crippen molar-refractivity contribution in [2.24, 2.45) is 0 Å². The topological polar surface area (TPSA) is 29.9 Å². The number of hydrogen-bond acceptors (Lipinski definition) is 2. The summed E-state index contributed by atoms with van der Waals surface area (Å²) in [4.78, 5) is 0. The van der Waals surface area contributed by atoms with E-state index < -0.39 is 0 Å². The van der Waals surface area contributed by atoms with Crippen molar-refractivity contribution in [1.82, 2.24) is 15.1 Å². The highest BCUT2D eigenvalue weighted by atomic mass is 15.3. The molecular weight excluding hydrogens is 222 g/mol. The Hall–Kier alpha value is -1.61. The van der Waals surface area contributed by atoms with Gasteiger partial charge >= 0.3 is 0 Å². The standard InChI is InChI=1S/C15H19N3/c1-2-18-11-12(9-17-18)8-13-4-3-5-14-10-16-7-6-15(13)14/h3-5,9,11,16H,2,6-8,10H2,1H3. The first kappa shape index (κ1) is 11.5. The minimum Gasteiger partial charge on any atom is -0.312 e. The minimum absolute atomic E-state index is 0.941. The van der Waals surface area contributed by atoms with Gasteiger partial charge in [-0.15, -0.1) is 0 Å². The summed E-state index contributed by atoms with van der Waals surface area (Å²) >= 11 is 0. The van der Waals surface area contributed by atoms with Crippen molar-refractivity contribution in [3.05, 3.63) is 52.8 Å². The van der Waals surface area contributed by atoms with E-state index in [1.165, 1.54) is 16.7 Å². The van der Waals surface area contributed by atoms with Gasteiger partial charge in [0.25, 0.3) is 0 Å². The molecule has 1 aliphatic heterocycles. The fourth-order valence-corrected chi connectivity index (χ4v) is 2.67. The molecule has 1 aromatic carbocycles. The molecule has 0 saturated heterocycles. The van der Waals surface area contributed by atoms with Crippen LogP contribution in [0.4, 0.5) is 0 Å². The Morgan fingerprint density at radius 2 is 2.33 bits per heavy atom. The normalized spacial score (nSPS) is 14.5. The molecule has 1 N–H and O–H groups in total. The van der Waals surface area contributed by atoms with Gasteiger partial charge in [0.2, 0.25) is 0 Å². The van der Waals surface area contributed by atoms with Gasteiger partial charge in [0, 0.05) is 25.7 Å². The Balaban J connectivity index is 1.88. The van der Waals surface area contributed by atoms with Gasteiger partial charge in [-0.05, 0) is 42.1 Å². The number of benzene rings is 1. The van der Waals surface area contributed by atoms with Crippen LogP contribution in [0.15, 0.2) is 30.6 Å². The quantitative estimate of drug-likeness (QED) is 0.892. The van der Waals surface area contributed by atoms with Gasteiger partial charge < -0.3 is 5.32 Å². The second-order valence-electron chi connectivity index (χ2n) is 4.86. The highest BCUT2D eigenvalue weighted by molar-refractivity contribution is 5.39. The fourth-order valence-electron chi connectivity index (χ4n) is 2.67. The number of nitrogens with one attached hydrogen (secondary N) is 1. The molecule has 0 unspecified atom stereocenters. The SMILES string of the molecule is CCn1cc(Cc2cccc3c2CCNC3)cn1. The molecule has 18 heavy (non-hydrogen) atoms. The zero-order valence-corrected chi connectivity index (χ0v) is 10.8. The van der Waals surface area contributed by atoms with Gasteiger partial charge in [-0.3, -0.25) is 4.68 Å². The van der Waals surface area contributed by atoms with E-state index in [1.54, 1.807) is 5.56 Å². The predicted molar refractivity (Wildman–Crippen MR) is 72.6 cm³/mol. The Morgan fingerprint density at radius 3 is 3.17 bits per heavy atom. The summed E-state index contributed by atoms with van der Waals surface area (Å²) in [7, 11) is 0. The highest BCUT2D eigenvalue weighted by Crippen LogP contribution is 2.21. The first-order valence-corrected chi connectivity index (χ1v) is 6.68. The summed E-state index contributed by atoms with van der Waals surface area (Å²) in [5, 5.41) is 7.78. The van der Waals surface area contributed by atoms with Crippen molar-refractivity contribution in [3.63, 3.8) is 0 Å². The van der Waals surface area contributed by atoms with Crippen LogP contribution in [-0.4, -0.2) is 16.3 Å². The molecule has 2 aromatic rings. The van der Waals surface area contributed by atoms with Crippen LogP contribution in [-0.2, 0) is 25.9 Å². The molecule has 0 radical (unpaired) electrons. The van der Waals surface area contributed by atoms with Crippen molar-refractivity contribution in [3.8, 4) is 0 Å². The van der Waals surface area contributed by atoms with E-state index in [4.69, 9.17) is 0 Å². The van der Waals surface area contributed by atoms with Crippen LogP contribution in [0.25, 0.3) is 0 Å². The average Bonchev–Trinajstić information content (AvgIpc) is 2.87. The van der Waals surface area contributed by atoms with Crippen LogP contribution in [0.3, 0.4) is 0 Å². The Morgan fingerprint density at radius 1 is 1.39 bits per heavy atom. The van der Waals surface area contributed by atoms with Gasteiger partial charge in [0.15, 0.2) is 0 Å². The molecule has 94 valence electrons. The van der Waals surface area contributed by atoms with Crippen molar-refractivity contribution < 1.29 is 0 Å². The van der Waals surface area contributed by atoms with Crippen LogP contribution >= 0.6 is 0 Å². The fraction of sp³-hybridized carbons (Fsp3) is 0.400. The predicted octanol–water partition coefficient (Wildman–Crippen LogP) is 2.14. The summed E-state index contributed by atoms with van der Waals surface area (Å²) < 4.78 is 1.99. The Kier molecular flexibility index (Phi) is 3.15. The van der Waals surface area contributed by atoms with Crippen molar-refractivity contribution in [2.75, 3.05) is 6.54 Å². The number of rotatable bonds is 3. The van der Waals surface area contributed by atoms with Crippen molar-refractivity contribution >= 4 is 0 Å². The van der Waals surface area contributed by atoms with E-state index in [9.17, 15) is 0 Å². The third kappa shape index (κ3) is 2.18. The molecule has 1 aliphatic rings. The van der Waals surface area contributed by atoms with Crippen LogP contribution < -0.4 is 5.32 Å². The van der Waals surface area contributed by atoms with Crippen LogP contribution in [0.1, 0.15) is 29.2 Å². The maximum absolute atomic E-state index is 4.35. The summed E-state index contributed by atoms with van der Waals surface area (Å²) in [6.45, 7) is 5.17. The maximum Gasteiger partial charge on any atom is 0.0525 e. The smallest absolute Gasteiger partial charge is 0.0525 e. The van der Waals surface area contributed by atoms with Gasteiger partial charge in [-0.25, -0.2) is 0 Å². The van der Waals surface area contributed by atoms with Crippen molar-refractivity contribution in [1.29, 1.82) is 0 Å². The summed E-state index contributed by atoms with van der Waals surface area (Å²) in [6.07, 6.45) is 6.29. The molecule has 0 bridgehead atoms.